The standard InChI is InChI=1S/C17H23F2N3O/c1-10-7-22(8-16(10)21-2)12-6-15(20)17(23-9-12)13-5-11(18)3-4-14(13)19/h3-5,12,15,17,21H,6-9,20H2,1-2H3/t12-,15+,17-/m1/s1. The number of hydrogen-bond acceptors (Lipinski definition) is 4. The third kappa shape index (κ3) is 3.24. The molecule has 0 amide bonds. The molecule has 6 heteroatoms. The van der Waals surface area contributed by atoms with Crippen LogP contribution >= 0.6 is 0 Å². The molecule has 0 bridgehead atoms. The number of benzene rings is 1. The van der Waals surface area contributed by atoms with Crippen LogP contribution in [0, 0.1) is 11.6 Å². The van der Waals surface area contributed by atoms with Crippen molar-refractivity contribution in [3.8, 4) is 0 Å². The van der Waals surface area contributed by atoms with Gasteiger partial charge in [-0.3, -0.25) is 4.90 Å². The molecular formula is C17H23F2N3O. The molecule has 0 spiro atoms. The molecule has 0 radical (unpaired) electrons. The number of nitrogens with zero attached hydrogens (tertiary/aromatic N) is 1. The van der Waals surface area contributed by atoms with Gasteiger partial charge in [0, 0.05) is 43.5 Å². The van der Waals surface area contributed by atoms with Gasteiger partial charge < -0.3 is 15.8 Å². The molecule has 4 nitrogen and oxygen atoms in total. The van der Waals surface area contributed by atoms with Gasteiger partial charge in [-0.1, -0.05) is 0 Å². The van der Waals surface area contributed by atoms with E-state index in [1.54, 1.807) is 0 Å². The zero-order chi connectivity index (χ0) is 16.6. The molecule has 1 fully saturated rings. The number of rotatable bonds is 3. The van der Waals surface area contributed by atoms with Gasteiger partial charge >= 0.3 is 0 Å². The smallest absolute Gasteiger partial charge is 0.129 e. The fourth-order valence-corrected chi connectivity index (χ4v) is 3.50. The minimum Gasteiger partial charge on any atom is -0.390 e. The Morgan fingerprint density at radius 3 is 2.74 bits per heavy atom. The van der Waals surface area contributed by atoms with Gasteiger partial charge in [0.2, 0.25) is 0 Å². The number of likely N-dealkylation sites (N-methyl/N-ethyl adjacent to an activating group) is 1. The summed E-state index contributed by atoms with van der Waals surface area (Å²) in [6.07, 6.45) is 0.104. The van der Waals surface area contributed by atoms with Crippen LogP contribution < -0.4 is 11.1 Å². The topological polar surface area (TPSA) is 50.5 Å². The van der Waals surface area contributed by atoms with Crippen LogP contribution in [-0.2, 0) is 4.74 Å². The molecule has 3 rings (SSSR count). The second-order valence-electron chi connectivity index (χ2n) is 6.39. The average molecular weight is 323 g/mol. The second kappa shape index (κ2) is 6.55. The summed E-state index contributed by atoms with van der Waals surface area (Å²) in [6, 6.07) is 3.25. The van der Waals surface area contributed by atoms with E-state index in [2.05, 4.69) is 17.1 Å². The van der Waals surface area contributed by atoms with Crippen LogP contribution in [0.4, 0.5) is 8.78 Å². The Balaban J connectivity index is 1.68. The van der Waals surface area contributed by atoms with Crippen LogP contribution in [0.2, 0.25) is 0 Å². The Kier molecular flexibility index (Phi) is 4.66. The molecule has 0 unspecified atom stereocenters. The van der Waals surface area contributed by atoms with Gasteiger partial charge in [0.1, 0.15) is 17.7 Å². The predicted octanol–water partition coefficient (Wildman–Crippen LogP) is 1.93. The van der Waals surface area contributed by atoms with Crippen LogP contribution in [0.15, 0.2) is 29.5 Å². The van der Waals surface area contributed by atoms with E-state index in [4.69, 9.17) is 10.5 Å². The molecule has 2 heterocycles. The molecule has 3 atom stereocenters. The monoisotopic (exact) mass is 323 g/mol. The molecular weight excluding hydrogens is 300 g/mol. The maximum atomic E-state index is 13.9. The van der Waals surface area contributed by atoms with Crippen LogP contribution in [0.1, 0.15) is 25.0 Å². The predicted molar refractivity (Wildman–Crippen MR) is 84.8 cm³/mol. The third-order valence-electron chi connectivity index (χ3n) is 4.80. The highest BCUT2D eigenvalue weighted by Gasteiger charge is 2.36. The summed E-state index contributed by atoms with van der Waals surface area (Å²) in [5.74, 6) is -0.946. The van der Waals surface area contributed by atoms with Crippen LogP contribution in [0.25, 0.3) is 0 Å². The van der Waals surface area contributed by atoms with Crippen LogP contribution in [0.5, 0.6) is 0 Å². The fourth-order valence-electron chi connectivity index (χ4n) is 3.50. The molecule has 3 N–H and O–H groups in total. The molecule has 2 aliphatic rings. The Morgan fingerprint density at radius 2 is 2.09 bits per heavy atom. The Morgan fingerprint density at radius 1 is 1.30 bits per heavy atom. The minimum absolute atomic E-state index is 0.193. The molecule has 1 saturated heterocycles. The highest BCUT2D eigenvalue weighted by molar-refractivity contribution is 5.24. The molecule has 2 aliphatic heterocycles. The molecule has 1 aromatic rings. The first-order chi connectivity index (χ1) is 11.0. The van der Waals surface area contributed by atoms with E-state index < -0.39 is 17.7 Å². The third-order valence-corrected chi connectivity index (χ3v) is 4.80. The van der Waals surface area contributed by atoms with Crippen molar-refractivity contribution >= 4 is 0 Å². The molecule has 0 aliphatic carbocycles. The Bertz CT molecular complexity index is 620. The van der Waals surface area contributed by atoms with Gasteiger partial charge in [-0.25, -0.2) is 8.78 Å². The lowest BCUT2D eigenvalue weighted by Crippen LogP contribution is -2.49. The van der Waals surface area contributed by atoms with Crippen molar-refractivity contribution in [3.05, 3.63) is 46.7 Å². The van der Waals surface area contributed by atoms with Crippen molar-refractivity contribution in [2.24, 2.45) is 5.73 Å². The maximum absolute atomic E-state index is 13.9. The number of ether oxygens (including phenoxy) is 1. The van der Waals surface area contributed by atoms with E-state index in [0.717, 1.165) is 25.2 Å². The lowest BCUT2D eigenvalue weighted by atomic mass is 9.93. The number of halogens is 2. The van der Waals surface area contributed by atoms with Crippen molar-refractivity contribution in [2.75, 3.05) is 26.7 Å². The van der Waals surface area contributed by atoms with E-state index in [9.17, 15) is 8.78 Å². The zero-order valence-corrected chi connectivity index (χ0v) is 13.5. The summed E-state index contributed by atoms with van der Waals surface area (Å²) in [6.45, 7) is 4.32. The largest absolute Gasteiger partial charge is 0.390 e. The van der Waals surface area contributed by atoms with Gasteiger partial charge in [0.05, 0.1) is 6.61 Å². The van der Waals surface area contributed by atoms with Crippen LogP contribution in [0.3, 0.4) is 0 Å². The Hall–Kier alpha value is -1.50. The number of nitrogens with one attached hydrogen (secondary N) is 1. The normalized spacial score (nSPS) is 29.2. The molecule has 23 heavy (non-hydrogen) atoms. The van der Waals surface area contributed by atoms with E-state index in [0.29, 0.717) is 13.0 Å². The first-order valence-electron chi connectivity index (χ1n) is 7.92. The number of nitrogens with two attached hydrogens (primary N) is 1. The summed E-state index contributed by atoms with van der Waals surface area (Å²) in [5, 5.41) is 3.22. The second-order valence-corrected chi connectivity index (χ2v) is 6.39. The van der Waals surface area contributed by atoms with Crippen molar-refractivity contribution < 1.29 is 13.5 Å². The zero-order valence-electron chi connectivity index (χ0n) is 13.5. The van der Waals surface area contributed by atoms with Crippen molar-refractivity contribution in [1.82, 2.24) is 10.2 Å². The van der Waals surface area contributed by atoms with Gasteiger partial charge in [0.25, 0.3) is 0 Å². The Labute approximate surface area is 135 Å². The summed E-state index contributed by atoms with van der Waals surface area (Å²) in [4.78, 5) is 2.32. The SMILES string of the molecule is CNC1=C(C)CN([C@H]2CO[C@H](c3cc(F)ccc3F)[C@@H](N)C2)C1. The van der Waals surface area contributed by atoms with Crippen molar-refractivity contribution in [3.63, 3.8) is 0 Å². The van der Waals surface area contributed by atoms with Gasteiger partial charge in [-0.15, -0.1) is 0 Å². The van der Waals surface area contributed by atoms with Crippen molar-refractivity contribution in [2.45, 2.75) is 31.5 Å². The van der Waals surface area contributed by atoms with E-state index in [1.807, 2.05) is 7.05 Å². The lowest BCUT2D eigenvalue weighted by molar-refractivity contribution is -0.0465. The number of hydrogen-bond donors (Lipinski definition) is 2. The summed E-state index contributed by atoms with van der Waals surface area (Å²) < 4.78 is 33.2. The van der Waals surface area contributed by atoms with E-state index >= 15 is 0 Å². The fraction of sp³-hybridized carbons (Fsp3) is 0.529. The van der Waals surface area contributed by atoms with E-state index in [1.165, 1.54) is 17.3 Å². The molecule has 1 aromatic carbocycles. The van der Waals surface area contributed by atoms with Gasteiger partial charge in [0.15, 0.2) is 0 Å². The average Bonchev–Trinajstić information content (AvgIpc) is 2.91. The summed E-state index contributed by atoms with van der Waals surface area (Å²) >= 11 is 0. The molecule has 126 valence electrons. The molecule has 0 saturated carbocycles. The lowest BCUT2D eigenvalue weighted by Gasteiger charge is -2.38. The van der Waals surface area contributed by atoms with Gasteiger partial charge in [-0.05, 0) is 37.1 Å². The highest BCUT2D eigenvalue weighted by Crippen LogP contribution is 2.32. The quantitative estimate of drug-likeness (QED) is 0.892. The van der Waals surface area contributed by atoms with Crippen LogP contribution in [-0.4, -0.2) is 43.7 Å². The van der Waals surface area contributed by atoms with E-state index in [-0.39, 0.29) is 17.6 Å². The molecule has 0 aromatic heterocycles. The first kappa shape index (κ1) is 16.4. The first-order valence-corrected chi connectivity index (χ1v) is 7.92. The van der Waals surface area contributed by atoms with Gasteiger partial charge in [-0.2, -0.15) is 0 Å². The van der Waals surface area contributed by atoms with Crippen molar-refractivity contribution in [1.29, 1.82) is 0 Å². The summed E-state index contributed by atoms with van der Waals surface area (Å²) in [7, 11) is 1.92. The maximum Gasteiger partial charge on any atom is 0.129 e. The summed E-state index contributed by atoms with van der Waals surface area (Å²) in [5.41, 5.74) is 8.98. The minimum atomic E-state index is -0.595. The highest BCUT2D eigenvalue weighted by atomic mass is 19.1.